The molecule has 0 bridgehead atoms. The van der Waals surface area contributed by atoms with E-state index in [9.17, 15) is 9.90 Å². The molecule has 5 rings (SSSR count). The van der Waals surface area contributed by atoms with Gasteiger partial charge in [-0.05, 0) is 59.7 Å². The van der Waals surface area contributed by atoms with Crippen molar-refractivity contribution in [3.63, 3.8) is 0 Å². The van der Waals surface area contributed by atoms with Gasteiger partial charge in [0.05, 0.1) is 12.2 Å². The summed E-state index contributed by atoms with van der Waals surface area (Å²) in [5.41, 5.74) is 8.82. The second-order valence-electron chi connectivity index (χ2n) is 9.10. The molecule has 3 aromatic rings. The summed E-state index contributed by atoms with van der Waals surface area (Å²) in [5.74, 6) is 1.22. The standard InChI is InChI=1S/C27H30N2O4/c1-17-6-9-22-23(26(17)30)15-24(33-25(22)16-28)19-10-12-29(13-11-19)27(31)32-21-8-7-18-4-2-3-5-20(18)14-21/h2-9,14,19,24-25,30H,10-13,15-16,28H2,1H3/t24-,25-/m0/s1. The number of rotatable bonds is 3. The number of phenols is 1. The second-order valence-corrected chi connectivity index (χ2v) is 9.10. The normalized spacial score (nSPS) is 21.1. The monoisotopic (exact) mass is 446 g/mol. The van der Waals surface area contributed by atoms with E-state index in [2.05, 4.69) is 0 Å². The third-order valence-electron chi connectivity index (χ3n) is 7.08. The van der Waals surface area contributed by atoms with E-state index < -0.39 is 0 Å². The van der Waals surface area contributed by atoms with Gasteiger partial charge in [0.2, 0.25) is 0 Å². The number of nitrogens with two attached hydrogens (primary N) is 1. The van der Waals surface area contributed by atoms with Crippen LogP contribution in [0.15, 0.2) is 54.6 Å². The SMILES string of the molecule is Cc1ccc2c(c1O)C[C@@H](C1CCN(C(=O)Oc3ccc4ccccc4c3)CC1)O[C@H]2CN. The van der Waals surface area contributed by atoms with Gasteiger partial charge in [0.1, 0.15) is 11.5 Å². The average molecular weight is 447 g/mol. The number of aryl methyl sites for hydroxylation is 1. The lowest BCUT2D eigenvalue weighted by atomic mass is 9.83. The van der Waals surface area contributed by atoms with E-state index in [1.165, 1.54) is 0 Å². The third-order valence-corrected chi connectivity index (χ3v) is 7.08. The van der Waals surface area contributed by atoms with Crippen LogP contribution < -0.4 is 10.5 Å². The molecule has 2 aliphatic heterocycles. The van der Waals surface area contributed by atoms with Crippen molar-refractivity contribution in [2.24, 2.45) is 11.7 Å². The topological polar surface area (TPSA) is 85.0 Å². The molecule has 1 fully saturated rings. The van der Waals surface area contributed by atoms with E-state index in [0.717, 1.165) is 40.3 Å². The maximum absolute atomic E-state index is 12.8. The molecule has 33 heavy (non-hydrogen) atoms. The minimum atomic E-state index is -0.313. The van der Waals surface area contributed by atoms with Gasteiger partial charge in [0, 0.05) is 31.6 Å². The highest BCUT2D eigenvalue weighted by Crippen LogP contribution is 2.40. The van der Waals surface area contributed by atoms with Gasteiger partial charge in [-0.2, -0.15) is 0 Å². The van der Waals surface area contributed by atoms with Crippen LogP contribution in [0.25, 0.3) is 10.8 Å². The van der Waals surface area contributed by atoms with Crippen LogP contribution >= 0.6 is 0 Å². The van der Waals surface area contributed by atoms with E-state index in [-0.39, 0.29) is 18.3 Å². The first-order chi connectivity index (χ1) is 16.0. The van der Waals surface area contributed by atoms with Gasteiger partial charge >= 0.3 is 6.09 Å². The third kappa shape index (κ3) is 4.28. The van der Waals surface area contributed by atoms with Gasteiger partial charge in [-0.25, -0.2) is 4.79 Å². The highest BCUT2D eigenvalue weighted by molar-refractivity contribution is 5.84. The molecular weight excluding hydrogens is 416 g/mol. The molecular formula is C27H30N2O4. The van der Waals surface area contributed by atoms with Crippen molar-refractivity contribution in [1.82, 2.24) is 4.90 Å². The van der Waals surface area contributed by atoms with Crippen LogP contribution in [-0.2, 0) is 11.2 Å². The number of piperidine rings is 1. The number of carbonyl (C=O) groups is 1. The number of carbonyl (C=O) groups excluding carboxylic acids is 1. The van der Waals surface area contributed by atoms with Gasteiger partial charge in [0.15, 0.2) is 0 Å². The number of phenolic OH excluding ortho intramolecular Hbond substituents is 1. The largest absolute Gasteiger partial charge is 0.507 e. The lowest BCUT2D eigenvalue weighted by molar-refractivity contribution is -0.0633. The Hall–Kier alpha value is -3.09. The number of nitrogens with zero attached hydrogens (tertiary/aromatic N) is 1. The molecule has 0 unspecified atom stereocenters. The minimum absolute atomic E-state index is 0.0163. The summed E-state index contributed by atoms with van der Waals surface area (Å²) in [4.78, 5) is 14.5. The summed E-state index contributed by atoms with van der Waals surface area (Å²) >= 11 is 0. The van der Waals surface area contributed by atoms with Gasteiger partial charge in [-0.3, -0.25) is 0 Å². The fourth-order valence-corrected chi connectivity index (χ4v) is 5.13. The molecule has 0 saturated carbocycles. The van der Waals surface area contributed by atoms with Gasteiger partial charge in [0.25, 0.3) is 0 Å². The summed E-state index contributed by atoms with van der Waals surface area (Å²) < 4.78 is 12.0. The van der Waals surface area contributed by atoms with Crippen LogP contribution in [0.2, 0.25) is 0 Å². The predicted molar refractivity (Wildman–Crippen MR) is 127 cm³/mol. The number of ether oxygens (including phenoxy) is 2. The van der Waals surface area contributed by atoms with Crippen molar-refractivity contribution in [2.75, 3.05) is 19.6 Å². The molecule has 1 amide bonds. The minimum Gasteiger partial charge on any atom is -0.507 e. The molecule has 0 aromatic heterocycles. The van der Waals surface area contributed by atoms with Crippen molar-refractivity contribution in [3.8, 4) is 11.5 Å². The summed E-state index contributed by atoms with van der Waals surface area (Å²) in [6, 6.07) is 17.6. The highest BCUT2D eigenvalue weighted by Gasteiger charge is 2.36. The number of hydrogen-bond acceptors (Lipinski definition) is 5. The number of amides is 1. The fraction of sp³-hybridized carbons (Fsp3) is 0.370. The number of aromatic hydroxyl groups is 1. The van der Waals surface area contributed by atoms with E-state index in [4.69, 9.17) is 15.2 Å². The molecule has 2 aliphatic rings. The zero-order valence-electron chi connectivity index (χ0n) is 18.9. The Bertz CT molecular complexity index is 1170. The first-order valence-corrected chi connectivity index (χ1v) is 11.7. The quantitative estimate of drug-likeness (QED) is 0.609. The van der Waals surface area contributed by atoms with Gasteiger partial charge in [-0.1, -0.05) is 42.5 Å². The zero-order valence-corrected chi connectivity index (χ0v) is 18.9. The Morgan fingerprint density at radius 3 is 2.64 bits per heavy atom. The van der Waals surface area contributed by atoms with Crippen molar-refractivity contribution in [3.05, 3.63) is 71.3 Å². The lowest BCUT2D eigenvalue weighted by Crippen LogP contribution is -2.45. The van der Waals surface area contributed by atoms with E-state index in [0.29, 0.717) is 43.5 Å². The Labute approximate surface area is 193 Å². The predicted octanol–water partition coefficient (Wildman–Crippen LogP) is 4.71. The Morgan fingerprint density at radius 1 is 1.12 bits per heavy atom. The van der Waals surface area contributed by atoms with Crippen LogP contribution in [0.3, 0.4) is 0 Å². The number of benzene rings is 3. The number of fused-ring (bicyclic) bond motifs is 2. The van der Waals surface area contributed by atoms with Crippen molar-refractivity contribution in [2.45, 2.75) is 38.4 Å². The summed E-state index contributed by atoms with van der Waals surface area (Å²) in [6.07, 6.45) is 1.80. The van der Waals surface area contributed by atoms with Crippen LogP contribution in [-0.4, -0.2) is 41.8 Å². The molecule has 0 aliphatic carbocycles. The maximum atomic E-state index is 12.8. The second kappa shape index (κ2) is 9.04. The van der Waals surface area contributed by atoms with Crippen LogP contribution in [0.1, 0.15) is 35.6 Å². The number of hydrogen-bond donors (Lipinski definition) is 2. The molecule has 3 N–H and O–H groups in total. The van der Waals surface area contributed by atoms with Gasteiger partial charge < -0.3 is 25.2 Å². The molecule has 172 valence electrons. The van der Waals surface area contributed by atoms with Crippen molar-refractivity contribution >= 4 is 16.9 Å². The molecule has 3 aromatic carbocycles. The Balaban J connectivity index is 1.22. The molecule has 6 nitrogen and oxygen atoms in total. The summed E-state index contributed by atoms with van der Waals surface area (Å²) in [6.45, 7) is 3.54. The van der Waals surface area contributed by atoms with Crippen molar-refractivity contribution in [1.29, 1.82) is 0 Å². The molecule has 2 atom stereocenters. The summed E-state index contributed by atoms with van der Waals surface area (Å²) in [5, 5.41) is 12.8. The Morgan fingerprint density at radius 2 is 1.88 bits per heavy atom. The smallest absolute Gasteiger partial charge is 0.415 e. The first kappa shape index (κ1) is 21.7. The van der Waals surface area contributed by atoms with Gasteiger partial charge in [-0.15, -0.1) is 0 Å². The Kier molecular flexibility index (Phi) is 5.96. The van der Waals surface area contributed by atoms with Crippen LogP contribution in [0.5, 0.6) is 11.5 Å². The summed E-state index contributed by atoms with van der Waals surface area (Å²) in [7, 11) is 0. The molecule has 0 spiro atoms. The van der Waals surface area contributed by atoms with Crippen LogP contribution in [0.4, 0.5) is 4.79 Å². The highest BCUT2D eigenvalue weighted by atomic mass is 16.6. The van der Waals surface area contributed by atoms with E-state index >= 15 is 0 Å². The average Bonchev–Trinajstić information content (AvgIpc) is 2.85. The van der Waals surface area contributed by atoms with E-state index in [1.807, 2.05) is 61.5 Å². The molecule has 2 heterocycles. The lowest BCUT2D eigenvalue weighted by Gasteiger charge is -2.40. The number of likely N-dealkylation sites (tertiary alicyclic amines) is 1. The maximum Gasteiger partial charge on any atom is 0.415 e. The molecule has 1 saturated heterocycles. The van der Waals surface area contributed by atoms with Crippen LogP contribution in [0, 0.1) is 12.8 Å². The van der Waals surface area contributed by atoms with Crippen molar-refractivity contribution < 1.29 is 19.4 Å². The first-order valence-electron chi connectivity index (χ1n) is 11.7. The molecule has 0 radical (unpaired) electrons. The van der Waals surface area contributed by atoms with E-state index in [1.54, 1.807) is 4.90 Å². The fourth-order valence-electron chi connectivity index (χ4n) is 5.13. The molecule has 6 heteroatoms. The zero-order chi connectivity index (χ0) is 22.9.